The third kappa shape index (κ3) is 3.85. The van der Waals surface area contributed by atoms with Gasteiger partial charge in [-0.25, -0.2) is 4.79 Å². The number of methoxy groups -OCH3 is 1. The van der Waals surface area contributed by atoms with Gasteiger partial charge in [-0.1, -0.05) is 17.7 Å². The van der Waals surface area contributed by atoms with Gasteiger partial charge in [-0.3, -0.25) is 0 Å². The highest BCUT2D eigenvalue weighted by Gasteiger charge is 2.34. The number of benzene rings is 1. The van der Waals surface area contributed by atoms with Crippen LogP contribution in [0.2, 0.25) is 5.02 Å². The Labute approximate surface area is 159 Å². The van der Waals surface area contributed by atoms with E-state index >= 15 is 0 Å². The van der Waals surface area contributed by atoms with Crippen molar-refractivity contribution < 1.29 is 19.1 Å². The summed E-state index contributed by atoms with van der Waals surface area (Å²) in [5.74, 6) is 0.480. The van der Waals surface area contributed by atoms with Crippen LogP contribution in [0, 0.1) is 0 Å². The van der Waals surface area contributed by atoms with Gasteiger partial charge in [0.1, 0.15) is 11.4 Å². The molecule has 2 aromatic heterocycles. The van der Waals surface area contributed by atoms with Crippen LogP contribution >= 0.6 is 22.9 Å². The molecule has 3 N–H and O–H groups in total. The second kappa shape index (κ2) is 7.82. The maximum absolute atomic E-state index is 12.3. The van der Waals surface area contributed by atoms with E-state index in [9.17, 15) is 9.90 Å². The molecule has 136 valence electrons. The average Bonchev–Trinajstić information content (AvgIpc) is 3.33. The number of thiophene rings is 1. The van der Waals surface area contributed by atoms with Gasteiger partial charge in [-0.05, 0) is 35.7 Å². The summed E-state index contributed by atoms with van der Waals surface area (Å²) in [6.45, 7) is -0.0399. The Hall–Kier alpha value is -2.48. The molecule has 8 heteroatoms. The molecule has 0 aliphatic rings. The lowest BCUT2D eigenvalue weighted by Gasteiger charge is -2.26. The standard InChI is InChI=1S/C18H17ClN2O4S/c1-24-15-5-4-13(19)9-14(15)21-17(22)20-11-18(23,12-6-7-25-10-12)16-3-2-8-26-16/h2-10,23H,11H2,1H3,(H2,20,21,22)/t18-/m0/s1. The first-order chi connectivity index (χ1) is 12.5. The number of anilines is 1. The lowest BCUT2D eigenvalue weighted by atomic mass is 9.94. The van der Waals surface area contributed by atoms with Gasteiger partial charge in [0, 0.05) is 15.5 Å². The van der Waals surface area contributed by atoms with Crippen molar-refractivity contribution >= 4 is 34.7 Å². The van der Waals surface area contributed by atoms with E-state index in [-0.39, 0.29) is 6.54 Å². The van der Waals surface area contributed by atoms with E-state index in [1.807, 2.05) is 11.4 Å². The first kappa shape index (κ1) is 18.3. The fraction of sp³-hybridized carbons (Fsp3) is 0.167. The minimum atomic E-state index is -1.39. The van der Waals surface area contributed by atoms with Crippen molar-refractivity contribution in [3.63, 3.8) is 0 Å². The predicted octanol–water partition coefficient (Wildman–Crippen LogP) is 4.06. The van der Waals surface area contributed by atoms with Crippen molar-refractivity contribution in [2.45, 2.75) is 5.60 Å². The van der Waals surface area contributed by atoms with Crippen LogP contribution in [0.1, 0.15) is 10.4 Å². The van der Waals surface area contributed by atoms with Crippen molar-refractivity contribution in [3.8, 4) is 5.75 Å². The quantitative estimate of drug-likeness (QED) is 0.590. The number of nitrogens with one attached hydrogen (secondary N) is 2. The van der Waals surface area contributed by atoms with Crippen molar-refractivity contribution in [1.29, 1.82) is 0 Å². The van der Waals surface area contributed by atoms with Gasteiger partial charge in [-0.2, -0.15) is 0 Å². The molecule has 0 aliphatic carbocycles. The van der Waals surface area contributed by atoms with E-state index in [0.717, 1.165) is 0 Å². The topological polar surface area (TPSA) is 83.7 Å². The van der Waals surface area contributed by atoms with Crippen molar-refractivity contribution in [3.05, 3.63) is 69.8 Å². The van der Waals surface area contributed by atoms with Gasteiger partial charge in [0.15, 0.2) is 0 Å². The summed E-state index contributed by atoms with van der Waals surface area (Å²) < 4.78 is 10.3. The molecule has 3 rings (SSSR count). The molecular weight excluding hydrogens is 376 g/mol. The molecule has 0 saturated heterocycles. The Kier molecular flexibility index (Phi) is 5.51. The van der Waals surface area contributed by atoms with Crippen molar-refractivity contribution in [2.24, 2.45) is 0 Å². The van der Waals surface area contributed by atoms with E-state index in [0.29, 0.717) is 26.9 Å². The number of hydrogen-bond donors (Lipinski definition) is 3. The maximum atomic E-state index is 12.3. The summed E-state index contributed by atoms with van der Waals surface area (Å²) in [5, 5.41) is 18.8. The number of rotatable bonds is 6. The Morgan fingerprint density at radius 3 is 2.88 bits per heavy atom. The van der Waals surface area contributed by atoms with E-state index in [4.69, 9.17) is 20.8 Å². The highest BCUT2D eigenvalue weighted by molar-refractivity contribution is 7.10. The summed E-state index contributed by atoms with van der Waals surface area (Å²) in [6.07, 6.45) is 2.93. The van der Waals surface area contributed by atoms with Crippen LogP contribution in [-0.2, 0) is 5.60 Å². The number of urea groups is 1. The third-order valence-corrected chi connectivity index (χ3v) is 5.10. The zero-order valence-electron chi connectivity index (χ0n) is 13.9. The minimum absolute atomic E-state index is 0.0399. The summed E-state index contributed by atoms with van der Waals surface area (Å²) in [4.78, 5) is 13.0. The highest BCUT2D eigenvalue weighted by Crippen LogP contribution is 2.33. The van der Waals surface area contributed by atoms with Gasteiger partial charge in [0.05, 0.1) is 31.9 Å². The van der Waals surface area contributed by atoms with E-state index in [1.54, 1.807) is 30.3 Å². The Balaban J connectivity index is 1.74. The molecule has 0 bridgehead atoms. The lowest BCUT2D eigenvalue weighted by Crippen LogP contribution is -2.42. The number of aliphatic hydroxyl groups is 1. The molecule has 2 heterocycles. The van der Waals surface area contributed by atoms with Crippen molar-refractivity contribution in [1.82, 2.24) is 5.32 Å². The first-order valence-corrected chi connectivity index (χ1v) is 8.96. The number of carbonyl (C=O) groups excluding carboxylic acids is 1. The number of furan rings is 1. The van der Waals surface area contributed by atoms with Crippen LogP contribution in [0.4, 0.5) is 10.5 Å². The van der Waals surface area contributed by atoms with Crippen LogP contribution in [-0.4, -0.2) is 24.8 Å². The smallest absolute Gasteiger partial charge is 0.319 e. The largest absolute Gasteiger partial charge is 0.495 e. The summed E-state index contributed by atoms with van der Waals surface area (Å²) in [6, 6.07) is 9.72. The molecule has 3 aromatic rings. The Morgan fingerprint density at radius 1 is 1.38 bits per heavy atom. The molecule has 0 unspecified atom stereocenters. The Bertz CT molecular complexity index is 831. The molecule has 1 aromatic carbocycles. The molecular formula is C18H17ClN2O4S. The Morgan fingerprint density at radius 2 is 2.23 bits per heavy atom. The normalized spacial score (nSPS) is 13.0. The second-order valence-corrected chi connectivity index (χ2v) is 6.89. The first-order valence-electron chi connectivity index (χ1n) is 7.70. The maximum Gasteiger partial charge on any atom is 0.319 e. The van der Waals surface area contributed by atoms with E-state index in [2.05, 4.69) is 10.6 Å². The van der Waals surface area contributed by atoms with Gasteiger partial charge in [0.25, 0.3) is 0 Å². The van der Waals surface area contributed by atoms with E-state index < -0.39 is 11.6 Å². The number of halogens is 1. The molecule has 26 heavy (non-hydrogen) atoms. The van der Waals surface area contributed by atoms with Crippen LogP contribution in [0.15, 0.2) is 58.7 Å². The monoisotopic (exact) mass is 392 g/mol. The molecule has 0 saturated carbocycles. The average molecular weight is 393 g/mol. The molecule has 2 amide bonds. The molecule has 6 nitrogen and oxygen atoms in total. The van der Waals surface area contributed by atoms with Crippen LogP contribution in [0.25, 0.3) is 0 Å². The second-order valence-electron chi connectivity index (χ2n) is 5.50. The van der Waals surface area contributed by atoms with Crippen LogP contribution in [0.5, 0.6) is 5.75 Å². The summed E-state index contributed by atoms with van der Waals surface area (Å²) in [7, 11) is 1.50. The molecule has 1 atom stereocenters. The zero-order valence-corrected chi connectivity index (χ0v) is 15.4. The molecule has 0 radical (unpaired) electrons. The van der Waals surface area contributed by atoms with Crippen LogP contribution < -0.4 is 15.4 Å². The highest BCUT2D eigenvalue weighted by atomic mass is 35.5. The third-order valence-electron chi connectivity index (χ3n) is 3.84. The van der Waals surface area contributed by atoms with Gasteiger partial charge < -0.3 is 24.9 Å². The molecule has 0 aliphatic heterocycles. The van der Waals surface area contributed by atoms with Gasteiger partial charge in [0.2, 0.25) is 0 Å². The number of amides is 2. The zero-order chi connectivity index (χ0) is 18.6. The summed E-state index contributed by atoms with van der Waals surface area (Å²) in [5.41, 5.74) is -0.405. The lowest BCUT2D eigenvalue weighted by molar-refractivity contribution is 0.0859. The van der Waals surface area contributed by atoms with Crippen LogP contribution in [0.3, 0.4) is 0 Å². The fourth-order valence-corrected chi connectivity index (χ4v) is 3.52. The number of ether oxygens (including phenoxy) is 1. The molecule has 0 spiro atoms. The minimum Gasteiger partial charge on any atom is -0.495 e. The van der Waals surface area contributed by atoms with E-state index in [1.165, 1.54) is 31.0 Å². The SMILES string of the molecule is COc1ccc(Cl)cc1NC(=O)NC[C@](O)(c1ccoc1)c1cccs1. The van der Waals surface area contributed by atoms with Gasteiger partial charge >= 0.3 is 6.03 Å². The predicted molar refractivity (Wildman–Crippen MR) is 101 cm³/mol. The van der Waals surface area contributed by atoms with Crippen molar-refractivity contribution in [2.75, 3.05) is 19.0 Å². The summed E-state index contributed by atoms with van der Waals surface area (Å²) >= 11 is 7.36. The van der Waals surface area contributed by atoms with Gasteiger partial charge in [-0.15, -0.1) is 11.3 Å². The number of carbonyl (C=O) groups is 1. The fourth-order valence-electron chi connectivity index (χ4n) is 2.50. The number of hydrogen-bond acceptors (Lipinski definition) is 5. The molecule has 0 fully saturated rings.